The summed E-state index contributed by atoms with van der Waals surface area (Å²) in [5.41, 5.74) is 0.146. The molecule has 7 heteroatoms. The van der Waals surface area contributed by atoms with Gasteiger partial charge < -0.3 is 10.0 Å². The van der Waals surface area contributed by atoms with E-state index < -0.39 is 23.5 Å². The molecule has 1 N–H and O–H groups in total. The van der Waals surface area contributed by atoms with Gasteiger partial charge in [-0.1, -0.05) is 29.8 Å². The van der Waals surface area contributed by atoms with E-state index in [1.807, 2.05) is 0 Å². The molecule has 0 saturated carbocycles. The summed E-state index contributed by atoms with van der Waals surface area (Å²) >= 11 is 5.95. The summed E-state index contributed by atoms with van der Waals surface area (Å²) in [7, 11) is 0. The molecular formula is C16H13ClF2N2O2. The number of benzene rings is 1. The van der Waals surface area contributed by atoms with Crippen LogP contribution in [0.25, 0.3) is 0 Å². The summed E-state index contributed by atoms with van der Waals surface area (Å²) in [6.45, 7) is 1.27. The van der Waals surface area contributed by atoms with Crippen molar-refractivity contribution in [3.63, 3.8) is 0 Å². The highest BCUT2D eigenvalue weighted by atomic mass is 35.5. The van der Waals surface area contributed by atoms with Gasteiger partial charge in [-0.3, -0.25) is 4.79 Å². The minimum Gasteiger partial charge on any atom is -0.389 e. The summed E-state index contributed by atoms with van der Waals surface area (Å²) in [6, 6.07) is 7.60. The number of carbonyl (C=O) groups excluding carboxylic acids is 1. The van der Waals surface area contributed by atoms with E-state index in [0.717, 1.165) is 4.90 Å². The zero-order chi connectivity index (χ0) is 16.8. The highest BCUT2D eigenvalue weighted by molar-refractivity contribution is 6.30. The first-order chi connectivity index (χ1) is 10.8. The molecule has 0 unspecified atom stereocenters. The maximum absolute atomic E-state index is 14.5. The molecule has 0 fully saturated rings. The predicted molar refractivity (Wildman–Crippen MR) is 81.4 cm³/mol. The lowest BCUT2D eigenvalue weighted by molar-refractivity contribution is -0.141. The molecule has 0 spiro atoms. The van der Waals surface area contributed by atoms with Crippen molar-refractivity contribution in [1.82, 2.24) is 4.98 Å². The van der Waals surface area contributed by atoms with Crippen LogP contribution in [0.15, 0.2) is 36.5 Å². The molecule has 1 atom stereocenters. The Bertz CT molecular complexity index is 780. The summed E-state index contributed by atoms with van der Waals surface area (Å²) in [6.07, 6.45) is 0.372. The number of fused-ring (bicyclic) bond motifs is 1. The molecule has 120 valence electrons. The highest BCUT2D eigenvalue weighted by Gasteiger charge is 2.54. The largest absolute Gasteiger partial charge is 0.389 e. The Morgan fingerprint density at radius 1 is 1.35 bits per heavy atom. The molecule has 0 aliphatic carbocycles. The number of hydrogen-bond acceptors (Lipinski definition) is 3. The quantitative estimate of drug-likeness (QED) is 0.872. The second-order valence-electron chi connectivity index (χ2n) is 5.34. The van der Waals surface area contributed by atoms with Gasteiger partial charge in [0.15, 0.2) is 0 Å². The molecule has 1 aliphatic rings. The fraction of sp³-hybridized carbons (Fsp3) is 0.250. The molecule has 1 amide bonds. The van der Waals surface area contributed by atoms with E-state index in [2.05, 4.69) is 4.98 Å². The number of nitrogens with zero attached hydrogens (tertiary/aromatic N) is 2. The van der Waals surface area contributed by atoms with Crippen LogP contribution >= 0.6 is 11.6 Å². The lowest BCUT2D eigenvalue weighted by Gasteiger charge is -2.18. The fourth-order valence-corrected chi connectivity index (χ4v) is 2.90. The monoisotopic (exact) mass is 338 g/mol. The van der Waals surface area contributed by atoms with Crippen LogP contribution in [0.2, 0.25) is 5.15 Å². The second-order valence-corrected chi connectivity index (χ2v) is 5.69. The SMILES string of the molecule is C[C@H](O)c1cccc2c1C(F)(F)C(=O)N2Cc1cccnc1Cl. The van der Waals surface area contributed by atoms with E-state index in [0.29, 0.717) is 5.56 Å². The maximum atomic E-state index is 14.5. The van der Waals surface area contributed by atoms with Crippen molar-refractivity contribution in [3.8, 4) is 0 Å². The molecule has 2 aromatic rings. The molecule has 3 rings (SSSR count). The van der Waals surface area contributed by atoms with E-state index in [1.54, 1.807) is 12.1 Å². The van der Waals surface area contributed by atoms with E-state index in [-0.39, 0.29) is 22.9 Å². The van der Waals surface area contributed by atoms with E-state index in [4.69, 9.17) is 11.6 Å². The Hall–Kier alpha value is -2.05. The topological polar surface area (TPSA) is 53.4 Å². The zero-order valence-corrected chi connectivity index (χ0v) is 12.9. The van der Waals surface area contributed by atoms with Crippen LogP contribution in [0, 0.1) is 0 Å². The first-order valence-electron chi connectivity index (χ1n) is 6.94. The number of amides is 1. The van der Waals surface area contributed by atoms with Crippen LogP contribution in [-0.2, 0) is 17.3 Å². The number of aliphatic hydroxyl groups excluding tert-OH is 1. The first-order valence-corrected chi connectivity index (χ1v) is 7.32. The van der Waals surface area contributed by atoms with Crippen molar-refractivity contribution in [3.05, 3.63) is 58.4 Å². The van der Waals surface area contributed by atoms with Gasteiger partial charge in [-0.2, -0.15) is 8.78 Å². The number of pyridine rings is 1. The van der Waals surface area contributed by atoms with Crippen LogP contribution in [0.4, 0.5) is 14.5 Å². The number of rotatable bonds is 3. The fourth-order valence-electron chi connectivity index (χ4n) is 2.72. The number of halogens is 3. The number of aromatic nitrogens is 1. The Morgan fingerprint density at radius 3 is 2.74 bits per heavy atom. The van der Waals surface area contributed by atoms with Gasteiger partial charge in [-0.25, -0.2) is 4.98 Å². The van der Waals surface area contributed by atoms with Crippen LogP contribution in [0.5, 0.6) is 0 Å². The number of alkyl halides is 2. The molecule has 0 saturated heterocycles. The Labute approximate surface area is 136 Å². The average Bonchev–Trinajstić information content (AvgIpc) is 2.70. The Morgan fingerprint density at radius 2 is 2.09 bits per heavy atom. The van der Waals surface area contributed by atoms with Gasteiger partial charge in [0.05, 0.1) is 23.9 Å². The standard InChI is InChI=1S/C16H13ClF2N2O2/c1-9(22)11-5-2-6-12-13(11)16(18,19)15(23)21(12)8-10-4-3-7-20-14(10)17/h2-7,9,22H,8H2,1H3/t9-/m0/s1. The molecular weight excluding hydrogens is 326 g/mol. The Balaban J connectivity index is 2.11. The lowest BCUT2D eigenvalue weighted by atomic mass is 9.98. The number of hydrogen-bond donors (Lipinski definition) is 1. The molecule has 1 aromatic heterocycles. The Kier molecular flexibility index (Phi) is 3.82. The molecule has 1 aromatic carbocycles. The third-order valence-corrected chi connectivity index (χ3v) is 4.15. The van der Waals surface area contributed by atoms with Gasteiger partial charge in [0, 0.05) is 11.8 Å². The van der Waals surface area contributed by atoms with Crippen molar-refractivity contribution in [2.75, 3.05) is 4.90 Å². The molecule has 2 heterocycles. The van der Waals surface area contributed by atoms with Crippen molar-refractivity contribution in [2.45, 2.75) is 25.5 Å². The maximum Gasteiger partial charge on any atom is 0.352 e. The first kappa shape index (κ1) is 15.8. The van der Waals surface area contributed by atoms with Gasteiger partial charge >= 0.3 is 11.8 Å². The molecule has 0 bridgehead atoms. The van der Waals surface area contributed by atoms with Crippen LogP contribution in [0.1, 0.15) is 29.7 Å². The summed E-state index contributed by atoms with van der Waals surface area (Å²) < 4.78 is 28.9. The summed E-state index contributed by atoms with van der Waals surface area (Å²) in [5.74, 6) is -5.02. The lowest BCUT2D eigenvalue weighted by Crippen LogP contribution is -2.34. The number of aliphatic hydroxyl groups is 1. The molecule has 23 heavy (non-hydrogen) atoms. The normalized spacial score (nSPS) is 17.3. The van der Waals surface area contributed by atoms with Gasteiger partial charge in [-0.15, -0.1) is 0 Å². The molecule has 4 nitrogen and oxygen atoms in total. The zero-order valence-electron chi connectivity index (χ0n) is 12.1. The minimum absolute atomic E-state index is 0.0423. The van der Waals surface area contributed by atoms with Crippen molar-refractivity contribution in [2.24, 2.45) is 0 Å². The van der Waals surface area contributed by atoms with Crippen LogP contribution < -0.4 is 4.90 Å². The summed E-state index contributed by atoms with van der Waals surface area (Å²) in [4.78, 5) is 17.1. The second kappa shape index (κ2) is 5.54. The van der Waals surface area contributed by atoms with Crippen LogP contribution in [-0.4, -0.2) is 16.0 Å². The average molecular weight is 339 g/mol. The molecule has 0 radical (unpaired) electrons. The van der Waals surface area contributed by atoms with Gasteiger partial charge in [0.1, 0.15) is 5.15 Å². The third kappa shape index (κ3) is 2.48. The number of anilines is 1. The van der Waals surface area contributed by atoms with Crippen molar-refractivity contribution < 1.29 is 18.7 Å². The van der Waals surface area contributed by atoms with Gasteiger partial charge in [-0.05, 0) is 24.6 Å². The van der Waals surface area contributed by atoms with Gasteiger partial charge in [0.25, 0.3) is 0 Å². The van der Waals surface area contributed by atoms with E-state index >= 15 is 0 Å². The predicted octanol–water partition coefficient (Wildman–Crippen LogP) is 3.43. The molecule has 1 aliphatic heterocycles. The van der Waals surface area contributed by atoms with Crippen molar-refractivity contribution >= 4 is 23.2 Å². The van der Waals surface area contributed by atoms with Crippen LogP contribution in [0.3, 0.4) is 0 Å². The van der Waals surface area contributed by atoms with E-state index in [1.165, 1.54) is 31.3 Å². The van der Waals surface area contributed by atoms with Gasteiger partial charge in [0.2, 0.25) is 0 Å². The minimum atomic E-state index is -3.68. The third-order valence-electron chi connectivity index (χ3n) is 3.81. The van der Waals surface area contributed by atoms with E-state index in [9.17, 15) is 18.7 Å². The smallest absolute Gasteiger partial charge is 0.352 e. The summed E-state index contributed by atoms with van der Waals surface area (Å²) in [5, 5.41) is 9.89. The number of carbonyl (C=O) groups is 1. The highest BCUT2D eigenvalue weighted by Crippen LogP contribution is 2.48. The van der Waals surface area contributed by atoms with Crippen molar-refractivity contribution in [1.29, 1.82) is 0 Å².